The van der Waals surface area contributed by atoms with Gasteiger partial charge in [0.2, 0.25) is 0 Å². The SMILES string of the molecule is Cc1cc(N2C(=O)c3cc(-n4c5ccccc5c5ccccc54)c(-n4c5ccccc5c5ccccc54)cc3C2=O)c(C)cc1N1C(=O)c2cc(-n3c4ccccc4c4ccccc43)c(-n3c4ccccc4c4ccccc43)cc2C1=O. The molecule has 0 radical (unpaired) electrons. The van der Waals surface area contributed by atoms with Crippen LogP contribution in [-0.2, 0) is 0 Å². The highest BCUT2D eigenvalue weighted by atomic mass is 16.2. The van der Waals surface area contributed by atoms with E-state index >= 15 is 19.2 Å². The lowest BCUT2D eigenvalue weighted by atomic mass is 10.1. The Kier molecular flexibility index (Phi) is 9.35. The number of imide groups is 2. The molecule has 2 aliphatic heterocycles. The van der Waals surface area contributed by atoms with Gasteiger partial charge in [0.25, 0.3) is 23.6 Å². The number of carbonyl (C=O) groups excluding carboxylic acids is 4. The average Bonchev–Trinajstić information content (AvgIpc) is 3.47. The summed E-state index contributed by atoms with van der Waals surface area (Å²) in [5, 5.41) is 8.50. The van der Waals surface area contributed by atoms with Gasteiger partial charge in [-0.2, -0.15) is 0 Å². The van der Waals surface area contributed by atoms with Crippen molar-refractivity contribution < 1.29 is 19.2 Å². The molecule has 0 saturated heterocycles. The van der Waals surface area contributed by atoms with Crippen molar-refractivity contribution in [2.45, 2.75) is 13.8 Å². The number of benzene rings is 11. The lowest BCUT2D eigenvalue weighted by molar-refractivity contribution is 0.0909. The Hall–Kier alpha value is -11.1. The number of rotatable bonds is 6. The predicted octanol–water partition coefficient (Wildman–Crippen LogP) is 16.3. The van der Waals surface area contributed by atoms with Crippen molar-refractivity contribution in [1.82, 2.24) is 18.3 Å². The summed E-state index contributed by atoms with van der Waals surface area (Å²) in [6, 6.07) is 77.1. The molecule has 82 heavy (non-hydrogen) atoms. The van der Waals surface area contributed by atoms with Gasteiger partial charge >= 0.3 is 0 Å². The molecule has 0 aliphatic carbocycles. The smallest absolute Gasteiger partial charge is 0.266 e. The van der Waals surface area contributed by atoms with Crippen LogP contribution in [0.2, 0.25) is 0 Å². The zero-order valence-electron chi connectivity index (χ0n) is 44.3. The minimum Gasteiger partial charge on any atom is -0.307 e. The summed E-state index contributed by atoms with van der Waals surface area (Å²) in [6.45, 7) is 3.63. The zero-order valence-corrected chi connectivity index (χ0v) is 44.3. The number of hydrogen-bond donors (Lipinski definition) is 0. The van der Waals surface area contributed by atoms with Gasteiger partial charge in [-0.3, -0.25) is 19.2 Å². The summed E-state index contributed by atoms with van der Waals surface area (Å²) in [7, 11) is 0. The van der Waals surface area contributed by atoms with E-state index in [1.807, 2.05) is 135 Å². The summed E-state index contributed by atoms with van der Waals surface area (Å²) >= 11 is 0. The Balaban J connectivity index is 0.818. The highest BCUT2D eigenvalue weighted by Gasteiger charge is 2.42. The van der Waals surface area contributed by atoms with Gasteiger partial charge in [0.1, 0.15) is 0 Å². The van der Waals surface area contributed by atoms with Crippen LogP contribution in [0, 0.1) is 13.8 Å². The fraction of sp³-hybridized carbons (Fsp3) is 0.0278. The van der Waals surface area contributed by atoms with E-state index in [2.05, 4.69) is 115 Å². The monoisotopic (exact) mass is 1060 g/mol. The van der Waals surface area contributed by atoms with Crippen LogP contribution < -0.4 is 9.80 Å². The van der Waals surface area contributed by atoms with Crippen LogP contribution >= 0.6 is 0 Å². The standard InChI is InChI=1S/C72H44N6O4/c1-41-35-64(78-71(81)53-39-67(75-59-31-15-7-23-47(59)48-24-8-16-32-60(48)75)68(40-54(53)72(78)82)76-61-33-17-9-25-49(61)50-26-10-18-34-62(50)76)42(2)36-63(41)77-69(79)51-37-65(73-55-27-11-3-19-43(55)44-20-4-12-28-56(44)73)66(38-52(51)70(77)80)74-57-29-13-5-21-45(57)46-22-6-14-30-58(46)74/h3-40H,1-2H3. The number of fused-ring (bicyclic) bond motifs is 14. The fourth-order valence-corrected chi connectivity index (χ4v) is 13.7. The molecule has 2 aliphatic rings. The molecule has 4 amide bonds. The first-order chi connectivity index (χ1) is 40.2. The van der Waals surface area contributed by atoms with Gasteiger partial charge in [-0.25, -0.2) is 9.80 Å². The Labute approximate surface area is 467 Å². The van der Waals surface area contributed by atoms with Crippen molar-refractivity contribution >= 4 is 122 Å². The Morgan fingerprint density at radius 2 is 0.390 bits per heavy atom. The van der Waals surface area contributed by atoms with Crippen molar-refractivity contribution in [3.63, 3.8) is 0 Å². The summed E-state index contributed by atoms with van der Waals surface area (Å²) in [4.78, 5) is 63.7. The number of anilines is 2. The molecule has 0 unspecified atom stereocenters. The van der Waals surface area contributed by atoms with Crippen molar-refractivity contribution in [1.29, 1.82) is 0 Å². The topological polar surface area (TPSA) is 94.5 Å². The molecular formula is C72H44N6O4. The number of aryl methyl sites for hydroxylation is 2. The summed E-state index contributed by atoms with van der Waals surface area (Å²) in [6.07, 6.45) is 0. The normalized spacial score (nSPS) is 13.5. The second kappa shape index (κ2) is 16.7. The third kappa shape index (κ3) is 6.06. The third-order valence-corrected chi connectivity index (χ3v) is 17.2. The Morgan fingerprint density at radius 3 is 0.573 bits per heavy atom. The minimum atomic E-state index is -0.470. The van der Waals surface area contributed by atoms with Gasteiger partial charge < -0.3 is 18.3 Å². The van der Waals surface area contributed by atoms with E-state index in [-0.39, 0.29) is 22.3 Å². The van der Waals surface area contributed by atoms with Crippen LogP contribution in [0.3, 0.4) is 0 Å². The number of hydrogen-bond acceptors (Lipinski definition) is 4. The molecule has 15 aromatic rings. The molecule has 0 saturated carbocycles. The molecule has 10 nitrogen and oxygen atoms in total. The van der Waals surface area contributed by atoms with Crippen LogP contribution in [0.25, 0.3) is 110 Å². The minimum absolute atomic E-state index is 0.269. The Bertz CT molecular complexity index is 4580. The summed E-state index contributed by atoms with van der Waals surface area (Å²) < 4.78 is 8.81. The molecule has 6 heterocycles. The lowest BCUT2D eigenvalue weighted by Crippen LogP contribution is -2.32. The predicted molar refractivity (Wildman–Crippen MR) is 328 cm³/mol. The van der Waals surface area contributed by atoms with Crippen LogP contribution in [0.5, 0.6) is 0 Å². The maximum absolute atomic E-state index is 15.3. The van der Waals surface area contributed by atoms with Gasteiger partial charge in [-0.15, -0.1) is 0 Å². The van der Waals surface area contributed by atoms with Gasteiger partial charge in [-0.1, -0.05) is 146 Å². The van der Waals surface area contributed by atoms with Crippen molar-refractivity contribution in [2.75, 3.05) is 9.80 Å². The average molecular weight is 1060 g/mol. The van der Waals surface area contributed by atoms with Crippen LogP contribution in [0.1, 0.15) is 52.6 Å². The largest absolute Gasteiger partial charge is 0.307 e. The van der Waals surface area contributed by atoms with Crippen LogP contribution in [-0.4, -0.2) is 41.9 Å². The Morgan fingerprint density at radius 1 is 0.220 bits per heavy atom. The molecule has 0 spiro atoms. The molecule has 0 fully saturated rings. The van der Waals surface area contributed by atoms with Gasteiger partial charge in [0.05, 0.1) is 101 Å². The molecule has 0 N–H and O–H groups in total. The van der Waals surface area contributed by atoms with E-state index in [1.165, 1.54) is 9.80 Å². The molecule has 0 atom stereocenters. The maximum Gasteiger partial charge on any atom is 0.266 e. The number of para-hydroxylation sites is 8. The first-order valence-electron chi connectivity index (χ1n) is 27.4. The number of aromatic nitrogens is 4. The maximum atomic E-state index is 15.3. The quantitative estimate of drug-likeness (QED) is 0.155. The van der Waals surface area contributed by atoms with E-state index in [0.29, 0.717) is 22.5 Å². The highest BCUT2D eigenvalue weighted by Crippen LogP contribution is 2.45. The van der Waals surface area contributed by atoms with Gasteiger partial charge in [0.15, 0.2) is 0 Å². The molecule has 17 rings (SSSR count). The molecule has 11 aromatic carbocycles. The molecular weight excluding hydrogens is 1010 g/mol. The van der Waals surface area contributed by atoms with Crippen molar-refractivity contribution in [2.24, 2.45) is 0 Å². The second-order valence-corrected chi connectivity index (χ2v) is 21.6. The number of amides is 4. The second-order valence-electron chi connectivity index (χ2n) is 21.6. The van der Waals surface area contributed by atoms with Crippen molar-refractivity contribution in [3.05, 3.63) is 264 Å². The zero-order chi connectivity index (χ0) is 54.8. The molecule has 386 valence electrons. The van der Waals surface area contributed by atoms with E-state index < -0.39 is 23.6 Å². The van der Waals surface area contributed by atoms with E-state index in [4.69, 9.17) is 0 Å². The summed E-state index contributed by atoms with van der Waals surface area (Å²) in [5.74, 6) is -1.88. The first-order valence-corrected chi connectivity index (χ1v) is 27.4. The van der Waals surface area contributed by atoms with Crippen molar-refractivity contribution in [3.8, 4) is 22.7 Å². The molecule has 10 heteroatoms. The van der Waals surface area contributed by atoms with Gasteiger partial charge in [0, 0.05) is 43.1 Å². The molecule has 0 bridgehead atoms. The van der Waals surface area contributed by atoms with E-state index in [9.17, 15) is 0 Å². The first kappa shape index (κ1) is 45.9. The van der Waals surface area contributed by atoms with Gasteiger partial charge in [-0.05, 0) is 110 Å². The lowest BCUT2D eigenvalue weighted by Gasteiger charge is -2.22. The van der Waals surface area contributed by atoms with E-state index in [1.54, 1.807) is 12.1 Å². The van der Waals surface area contributed by atoms with E-state index in [0.717, 1.165) is 110 Å². The number of nitrogens with zero attached hydrogens (tertiary/aromatic N) is 6. The third-order valence-electron chi connectivity index (χ3n) is 17.2. The number of carbonyl (C=O) groups is 4. The fourth-order valence-electron chi connectivity index (χ4n) is 13.7. The summed E-state index contributed by atoms with van der Waals surface area (Å²) in [5.41, 5.74) is 13.5. The van der Waals surface area contributed by atoms with Crippen LogP contribution in [0.4, 0.5) is 11.4 Å². The molecule has 4 aromatic heterocycles. The van der Waals surface area contributed by atoms with Crippen LogP contribution in [0.15, 0.2) is 231 Å². The highest BCUT2D eigenvalue weighted by molar-refractivity contribution is 6.37.